The summed E-state index contributed by atoms with van der Waals surface area (Å²) in [6, 6.07) is 7.13. The number of carbonyl (C=O) groups excluding carboxylic acids is 2. The van der Waals surface area contributed by atoms with Gasteiger partial charge < -0.3 is 10.6 Å². The lowest BCUT2D eigenvalue weighted by atomic mass is 10.0. The molecule has 1 aromatic rings. The SMILES string of the molecule is CC1(CNc2ccc(Br)cc2)NC(=O)NC1=O. The third kappa shape index (κ3) is 2.58. The van der Waals surface area contributed by atoms with E-state index in [1.165, 1.54) is 0 Å². The average Bonchev–Trinajstić information content (AvgIpc) is 2.52. The van der Waals surface area contributed by atoms with Crippen LogP contribution < -0.4 is 16.0 Å². The monoisotopic (exact) mass is 297 g/mol. The largest absolute Gasteiger partial charge is 0.382 e. The van der Waals surface area contributed by atoms with Gasteiger partial charge in [0.25, 0.3) is 5.91 Å². The summed E-state index contributed by atoms with van der Waals surface area (Å²) in [5.41, 5.74) is -0.00664. The summed E-state index contributed by atoms with van der Waals surface area (Å²) in [5.74, 6) is -0.313. The number of carbonyl (C=O) groups is 2. The van der Waals surface area contributed by atoms with Gasteiger partial charge in [0.2, 0.25) is 0 Å². The minimum atomic E-state index is -0.899. The van der Waals surface area contributed by atoms with E-state index in [2.05, 4.69) is 31.9 Å². The maximum atomic E-state index is 11.5. The molecule has 1 atom stereocenters. The molecule has 0 aliphatic carbocycles. The molecule has 17 heavy (non-hydrogen) atoms. The Morgan fingerprint density at radius 3 is 2.47 bits per heavy atom. The molecule has 90 valence electrons. The Bertz CT molecular complexity index is 460. The van der Waals surface area contributed by atoms with Crippen molar-refractivity contribution in [3.8, 4) is 0 Å². The van der Waals surface area contributed by atoms with Crippen LogP contribution in [0.3, 0.4) is 0 Å². The highest BCUT2D eigenvalue weighted by molar-refractivity contribution is 9.10. The molecule has 6 heteroatoms. The Kier molecular flexibility index (Phi) is 3.06. The van der Waals surface area contributed by atoms with Crippen LogP contribution in [0, 0.1) is 0 Å². The number of hydrogen-bond donors (Lipinski definition) is 3. The van der Waals surface area contributed by atoms with Crippen molar-refractivity contribution in [2.75, 3.05) is 11.9 Å². The van der Waals surface area contributed by atoms with E-state index in [0.29, 0.717) is 6.54 Å². The molecule has 3 amide bonds. The van der Waals surface area contributed by atoms with E-state index in [0.717, 1.165) is 10.2 Å². The predicted molar refractivity (Wildman–Crippen MR) is 67.7 cm³/mol. The highest BCUT2D eigenvalue weighted by Crippen LogP contribution is 2.16. The third-order valence-corrected chi connectivity index (χ3v) is 3.14. The molecule has 0 saturated carbocycles. The second-order valence-corrected chi connectivity index (χ2v) is 5.02. The Balaban J connectivity index is 2.00. The van der Waals surface area contributed by atoms with Gasteiger partial charge in [-0.3, -0.25) is 10.1 Å². The zero-order chi connectivity index (χ0) is 12.5. The highest BCUT2D eigenvalue weighted by atomic mass is 79.9. The highest BCUT2D eigenvalue weighted by Gasteiger charge is 2.41. The first-order valence-electron chi connectivity index (χ1n) is 5.13. The molecular weight excluding hydrogens is 286 g/mol. The fourth-order valence-corrected chi connectivity index (χ4v) is 1.82. The van der Waals surface area contributed by atoms with E-state index in [9.17, 15) is 9.59 Å². The van der Waals surface area contributed by atoms with Gasteiger partial charge in [0, 0.05) is 16.7 Å². The van der Waals surface area contributed by atoms with E-state index in [1.807, 2.05) is 24.3 Å². The van der Waals surface area contributed by atoms with Crippen molar-refractivity contribution in [1.82, 2.24) is 10.6 Å². The summed E-state index contributed by atoms with van der Waals surface area (Å²) in [7, 11) is 0. The Morgan fingerprint density at radius 1 is 1.29 bits per heavy atom. The van der Waals surface area contributed by atoms with Crippen LogP contribution in [0.25, 0.3) is 0 Å². The third-order valence-electron chi connectivity index (χ3n) is 2.61. The second kappa shape index (κ2) is 4.37. The zero-order valence-corrected chi connectivity index (χ0v) is 10.8. The number of amides is 3. The molecule has 1 saturated heterocycles. The van der Waals surface area contributed by atoms with E-state index < -0.39 is 11.6 Å². The molecular formula is C11H12BrN3O2. The van der Waals surface area contributed by atoms with Crippen LogP contribution in [-0.4, -0.2) is 24.0 Å². The van der Waals surface area contributed by atoms with Gasteiger partial charge in [0.05, 0.1) is 0 Å². The van der Waals surface area contributed by atoms with Crippen LogP contribution in [0.2, 0.25) is 0 Å². The topological polar surface area (TPSA) is 70.2 Å². The quantitative estimate of drug-likeness (QED) is 0.740. The molecule has 1 unspecified atom stereocenters. The first kappa shape index (κ1) is 11.9. The number of benzene rings is 1. The molecule has 0 spiro atoms. The smallest absolute Gasteiger partial charge is 0.322 e. The van der Waals surface area contributed by atoms with Gasteiger partial charge in [0.15, 0.2) is 0 Å². The van der Waals surface area contributed by atoms with E-state index in [-0.39, 0.29) is 5.91 Å². The van der Waals surface area contributed by atoms with Crippen molar-refractivity contribution in [2.24, 2.45) is 0 Å². The van der Waals surface area contributed by atoms with Crippen molar-refractivity contribution < 1.29 is 9.59 Å². The molecule has 1 fully saturated rings. The Morgan fingerprint density at radius 2 is 1.94 bits per heavy atom. The van der Waals surface area contributed by atoms with Crippen molar-refractivity contribution in [1.29, 1.82) is 0 Å². The molecule has 0 radical (unpaired) electrons. The summed E-state index contributed by atoms with van der Waals surface area (Å²) >= 11 is 3.34. The molecule has 0 aromatic heterocycles. The standard InChI is InChI=1S/C11H12BrN3O2/c1-11(9(16)14-10(17)15-11)6-13-8-4-2-7(12)3-5-8/h2-5,13H,6H2,1H3,(H2,14,15,16,17). The van der Waals surface area contributed by atoms with Crippen molar-refractivity contribution in [2.45, 2.75) is 12.5 Å². The van der Waals surface area contributed by atoms with Gasteiger partial charge in [-0.2, -0.15) is 0 Å². The van der Waals surface area contributed by atoms with Crippen LogP contribution in [-0.2, 0) is 4.79 Å². The Labute approximate surface area is 107 Å². The number of imide groups is 1. The summed E-state index contributed by atoms with van der Waals surface area (Å²) in [6.45, 7) is 2.02. The summed E-state index contributed by atoms with van der Waals surface area (Å²) in [6.07, 6.45) is 0. The normalized spacial score (nSPS) is 23.2. The van der Waals surface area contributed by atoms with Crippen LogP contribution in [0.5, 0.6) is 0 Å². The zero-order valence-electron chi connectivity index (χ0n) is 9.21. The Hall–Kier alpha value is -1.56. The minimum Gasteiger partial charge on any atom is -0.382 e. The van der Waals surface area contributed by atoms with Gasteiger partial charge in [-0.1, -0.05) is 15.9 Å². The van der Waals surface area contributed by atoms with Crippen LogP contribution in [0.15, 0.2) is 28.7 Å². The maximum absolute atomic E-state index is 11.5. The molecule has 2 rings (SSSR count). The first-order chi connectivity index (χ1) is 7.99. The number of anilines is 1. The van der Waals surface area contributed by atoms with Crippen LogP contribution >= 0.6 is 15.9 Å². The number of urea groups is 1. The summed E-state index contributed by atoms with van der Waals surface area (Å²) < 4.78 is 0.987. The molecule has 3 N–H and O–H groups in total. The molecule has 1 aliphatic rings. The number of halogens is 1. The van der Waals surface area contributed by atoms with Crippen molar-refractivity contribution in [3.63, 3.8) is 0 Å². The molecule has 5 nitrogen and oxygen atoms in total. The molecule has 1 heterocycles. The van der Waals surface area contributed by atoms with Crippen molar-refractivity contribution >= 4 is 33.6 Å². The fraction of sp³-hybridized carbons (Fsp3) is 0.273. The summed E-state index contributed by atoms with van der Waals surface area (Å²) in [5, 5.41) is 7.92. The van der Waals surface area contributed by atoms with Gasteiger partial charge in [-0.15, -0.1) is 0 Å². The van der Waals surface area contributed by atoms with Crippen LogP contribution in [0.4, 0.5) is 10.5 Å². The van der Waals surface area contributed by atoms with Crippen molar-refractivity contribution in [3.05, 3.63) is 28.7 Å². The average molecular weight is 298 g/mol. The van der Waals surface area contributed by atoms with Gasteiger partial charge in [0.1, 0.15) is 5.54 Å². The van der Waals surface area contributed by atoms with Gasteiger partial charge in [-0.05, 0) is 31.2 Å². The number of rotatable bonds is 3. The van der Waals surface area contributed by atoms with Gasteiger partial charge in [-0.25, -0.2) is 4.79 Å². The predicted octanol–water partition coefficient (Wildman–Crippen LogP) is 1.46. The van der Waals surface area contributed by atoms with E-state index in [4.69, 9.17) is 0 Å². The lowest BCUT2D eigenvalue weighted by Crippen LogP contribution is -2.49. The van der Waals surface area contributed by atoms with Gasteiger partial charge >= 0.3 is 6.03 Å². The fourth-order valence-electron chi connectivity index (χ4n) is 1.55. The molecule has 1 aliphatic heterocycles. The number of hydrogen-bond acceptors (Lipinski definition) is 3. The summed E-state index contributed by atoms with van der Waals surface area (Å²) in [4.78, 5) is 22.6. The first-order valence-corrected chi connectivity index (χ1v) is 5.92. The second-order valence-electron chi connectivity index (χ2n) is 4.10. The van der Waals surface area contributed by atoms with Crippen LogP contribution in [0.1, 0.15) is 6.92 Å². The lowest BCUT2D eigenvalue weighted by molar-refractivity contribution is -0.122. The molecule has 1 aromatic carbocycles. The maximum Gasteiger partial charge on any atom is 0.322 e. The lowest BCUT2D eigenvalue weighted by Gasteiger charge is -2.21. The number of nitrogens with one attached hydrogen (secondary N) is 3. The minimum absolute atomic E-state index is 0.313. The van der Waals surface area contributed by atoms with E-state index >= 15 is 0 Å². The molecule has 0 bridgehead atoms. The van der Waals surface area contributed by atoms with E-state index in [1.54, 1.807) is 6.92 Å².